The number of rotatable bonds is 4. The number of nitrogens with zero attached hydrogens (tertiary/aromatic N) is 2. The fourth-order valence-corrected chi connectivity index (χ4v) is 5.39. The first-order valence-corrected chi connectivity index (χ1v) is 11.8. The first-order valence-electron chi connectivity index (χ1n) is 11.8. The van der Waals surface area contributed by atoms with Crippen molar-refractivity contribution in [1.29, 1.82) is 0 Å². The van der Waals surface area contributed by atoms with Crippen molar-refractivity contribution in [3.05, 3.63) is 95.1 Å². The zero-order chi connectivity index (χ0) is 22.4. The molecule has 0 radical (unpaired) electrons. The molecule has 0 spiro atoms. The van der Waals surface area contributed by atoms with Crippen molar-refractivity contribution in [1.82, 2.24) is 15.1 Å². The summed E-state index contributed by atoms with van der Waals surface area (Å²) in [6, 6.07) is 24.7. The van der Waals surface area contributed by atoms with Crippen LogP contribution in [-0.4, -0.2) is 59.9 Å². The van der Waals surface area contributed by atoms with Crippen LogP contribution in [0, 0.1) is 0 Å². The van der Waals surface area contributed by atoms with Gasteiger partial charge >= 0.3 is 0 Å². The van der Waals surface area contributed by atoms with Crippen LogP contribution in [0.1, 0.15) is 38.3 Å². The summed E-state index contributed by atoms with van der Waals surface area (Å²) in [5.74, 6) is 0.211. The molecule has 0 bridgehead atoms. The molecule has 2 heterocycles. The standard InChI is InChI=1S/C28H27N3O2/c32-27(19-6-2-1-3-7-19)30-13-12-23(16-30)29-24-17-31(18-24)28(33)21-10-11-26-22(15-21)14-20-8-4-5-9-25(20)26/h1-11,15,23-24,29H,12-14,16-18H2. The van der Waals surface area contributed by atoms with Crippen molar-refractivity contribution in [2.24, 2.45) is 0 Å². The summed E-state index contributed by atoms with van der Waals surface area (Å²) in [5.41, 5.74) is 6.64. The van der Waals surface area contributed by atoms with Crippen LogP contribution in [0.4, 0.5) is 0 Å². The lowest BCUT2D eigenvalue weighted by atomic mass is 10.0. The highest BCUT2D eigenvalue weighted by atomic mass is 16.2. The average molecular weight is 438 g/mol. The molecule has 6 rings (SSSR count). The summed E-state index contributed by atoms with van der Waals surface area (Å²) in [4.78, 5) is 29.5. The second kappa shape index (κ2) is 8.16. The molecule has 1 atom stereocenters. The number of nitrogens with one attached hydrogen (secondary N) is 1. The lowest BCUT2D eigenvalue weighted by Gasteiger charge is -2.41. The number of carbonyl (C=O) groups excluding carboxylic acids is 2. The molecular weight excluding hydrogens is 410 g/mol. The Balaban J connectivity index is 1.02. The molecule has 5 heteroatoms. The Bertz CT molecular complexity index is 1220. The normalized spacial score (nSPS) is 19.2. The Kier molecular flexibility index (Phi) is 4.99. The zero-order valence-electron chi connectivity index (χ0n) is 18.5. The maximum atomic E-state index is 13.0. The molecule has 5 nitrogen and oxygen atoms in total. The fraction of sp³-hybridized carbons (Fsp3) is 0.286. The Hall–Kier alpha value is -3.44. The van der Waals surface area contributed by atoms with Gasteiger partial charge in [0, 0.05) is 49.4 Å². The third-order valence-electron chi connectivity index (χ3n) is 7.18. The molecule has 166 valence electrons. The molecule has 2 fully saturated rings. The van der Waals surface area contributed by atoms with Crippen molar-refractivity contribution in [3.8, 4) is 11.1 Å². The minimum absolute atomic E-state index is 0.101. The topological polar surface area (TPSA) is 52.7 Å². The number of amides is 2. The highest BCUT2D eigenvalue weighted by molar-refractivity contribution is 5.96. The first-order chi connectivity index (χ1) is 16.2. The van der Waals surface area contributed by atoms with Crippen LogP contribution < -0.4 is 5.32 Å². The Labute approximate surface area is 194 Å². The van der Waals surface area contributed by atoms with E-state index in [0.717, 1.165) is 50.1 Å². The number of fused-ring (bicyclic) bond motifs is 3. The largest absolute Gasteiger partial charge is 0.337 e. The van der Waals surface area contributed by atoms with Gasteiger partial charge < -0.3 is 15.1 Å². The third kappa shape index (κ3) is 3.72. The summed E-state index contributed by atoms with van der Waals surface area (Å²) in [7, 11) is 0. The van der Waals surface area contributed by atoms with E-state index in [0.29, 0.717) is 12.1 Å². The van der Waals surface area contributed by atoms with Gasteiger partial charge in [-0.2, -0.15) is 0 Å². The Morgan fingerprint density at radius 2 is 1.39 bits per heavy atom. The van der Waals surface area contributed by atoms with Crippen LogP contribution in [0.25, 0.3) is 11.1 Å². The summed E-state index contributed by atoms with van der Waals surface area (Å²) in [6.45, 7) is 2.94. The minimum Gasteiger partial charge on any atom is -0.337 e. The van der Waals surface area contributed by atoms with E-state index in [-0.39, 0.29) is 11.8 Å². The van der Waals surface area contributed by atoms with Gasteiger partial charge in [-0.25, -0.2) is 0 Å². The number of hydrogen-bond donors (Lipinski definition) is 1. The average Bonchev–Trinajstić information content (AvgIpc) is 3.45. The summed E-state index contributed by atoms with van der Waals surface area (Å²) in [6.07, 6.45) is 1.85. The molecule has 2 amide bonds. The second-order valence-electron chi connectivity index (χ2n) is 9.38. The van der Waals surface area contributed by atoms with Gasteiger partial charge in [-0.05, 0) is 59.4 Å². The van der Waals surface area contributed by atoms with Crippen LogP contribution in [0.3, 0.4) is 0 Å². The van der Waals surface area contributed by atoms with Crippen molar-refractivity contribution in [2.45, 2.75) is 24.9 Å². The van der Waals surface area contributed by atoms with E-state index >= 15 is 0 Å². The van der Waals surface area contributed by atoms with E-state index in [1.807, 2.05) is 46.2 Å². The van der Waals surface area contributed by atoms with E-state index in [9.17, 15) is 9.59 Å². The Morgan fingerprint density at radius 1 is 0.697 bits per heavy atom. The highest BCUT2D eigenvalue weighted by Gasteiger charge is 2.35. The molecule has 3 aromatic rings. The van der Waals surface area contributed by atoms with Crippen LogP contribution in [-0.2, 0) is 6.42 Å². The molecule has 0 aromatic heterocycles. The van der Waals surface area contributed by atoms with Crippen molar-refractivity contribution >= 4 is 11.8 Å². The SMILES string of the molecule is O=C(c1ccccc1)N1CCC(NC2CN(C(=O)c3ccc4c(c3)Cc3ccccc3-4)C2)C1. The van der Waals surface area contributed by atoms with Crippen molar-refractivity contribution in [2.75, 3.05) is 26.2 Å². The van der Waals surface area contributed by atoms with E-state index in [1.54, 1.807) is 0 Å². The van der Waals surface area contributed by atoms with Crippen LogP contribution in [0.15, 0.2) is 72.8 Å². The van der Waals surface area contributed by atoms with Gasteiger partial charge in [-0.3, -0.25) is 9.59 Å². The van der Waals surface area contributed by atoms with E-state index in [4.69, 9.17) is 0 Å². The van der Waals surface area contributed by atoms with Crippen molar-refractivity contribution < 1.29 is 9.59 Å². The maximum Gasteiger partial charge on any atom is 0.253 e. The molecule has 33 heavy (non-hydrogen) atoms. The van der Waals surface area contributed by atoms with E-state index in [1.165, 1.54) is 22.3 Å². The lowest BCUT2D eigenvalue weighted by Crippen LogP contribution is -2.62. The monoisotopic (exact) mass is 437 g/mol. The number of hydrogen-bond acceptors (Lipinski definition) is 3. The number of benzene rings is 3. The van der Waals surface area contributed by atoms with Gasteiger partial charge in [0.2, 0.25) is 0 Å². The molecule has 2 saturated heterocycles. The number of likely N-dealkylation sites (tertiary alicyclic amines) is 2. The second-order valence-corrected chi connectivity index (χ2v) is 9.38. The van der Waals surface area contributed by atoms with Gasteiger partial charge in [0.25, 0.3) is 11.8 Å². The predicted molar refractivity (Wildman–Crippen MR) is 128 cm³/mol. The maximum absolute atomic E-state index is 13.0. The van der Waals surface area contributed by atoms with Gasteiger partial charge in [0.05, 0.1) is 0 Å². The van der Waals surface area contributed by atoms with Crippen LogP contribution in [0.2, 0.25) is 0 Å². The zero-order valence-corrected chi connectivity index (χ0v) is 18.5. The molecule has 1 aliphatic carbocycles. The molecule has 1 N–H and O–H groups in total. The molecule has 1 unspecified atom stereocenters. The highest BCUT2D eigenvalue weighted by Crippen LogP contribution is 2.37. The third-order valence-corrected chi connectivity index (χ3v) is 7.18. The van der Waals surface area contributed by atoms with Gasteiger partial charge in [-0.1, -0.05) is 48.5 Å². The predicted octanol–water partition coefficient (Wildman–Crippen LogP) is 3.59. The quantitative estimate of drug-likeness (QED) is 0.531. The summed E-state index contributed by atoms with van der Waals surface area (Å²) >= 11 is 0. The fourth-order valence-electron chi connectivity index (χ4n) is 5.39. The van der Waals surface area contributed by atoms with Gasteiger partial charge in [0.1, 0.15) is 0 Å². The first kappa shape index (κ1) is 20.2. The van der Waals surface area contributed by atoms with Gasteiger partial charge in [0.15, 0.2) is 0 Å². The van der Waals surface area contributed by atoms with Crippen molar-refractivity contribution in [3.63, 3.8) is 0 Å². The summed E-state index contributed by atoms with van der Waals surface area (Å²) < 4.78 is 0. The molecule has 2 aliphatic heterocycles. The lowest BCUT2D eigenvalue weighted by molar-refractivity contribution is 0.0552. The Morgan fingerprint density at radius 3 is 2.24 bits per heavy atom. The van der Waals surface area contributed by atoms with Crippen LogP contribution in [0.5, 0.6) is 0 Å². The van der Waals surface area contributed by atoms with Crippen LogP contribution >= 0.6 is 0 Å². The van der Waals surface area contributed by atoms with Gasteiger partial charge in [-0.15, -0.1) is 0 Å². The molecule has 0 saturated carbocycles. The van der Waals surface area contributed by atoms with E-state index < -0.39 is 0 Å². The molecule has 3 aliphatic rings. The molecular formula is C28H27N3O2. The molecule has 3 aromatic carbocycles. The minimum atomic E-state index is 0.101. The smallest absolute Gasteiger partial charge is 0.253 e. The number of carbonyl (C=O) groups is 2. The van der Waals surface area contributed by atoms with E-state index in [2.05, 4.69) is 41.7 Å². The summed E-state index contributed by atoms with van der Waals surface area (Å²) in [5, 5.41) is 3.65.